The van der Waals surface area contributed by atoms with Crippen molar-refractivity contribution in [2.24, 2.45) is 0 Å². The molecule has 6 nitrogen and oxygen atoms in total. The van der Waals surface area contributed by atoms with Crippen molar-refractivity contribution in [3.8, 4) is 6.07 Å². The van der Waals surface area contributed by atoms with Crippen molar-refractivity contribution in [3.63, 3.8) is 0 Å². The van der Waals surface area contributed by atoms with Gasteiger partial charge in [0.25, 0.3) is 10.0 Å². The van der Waals surface area contributed by atoms with E-state index in [9.17, 15) is 13.2 Å². The van der Waals surface area contributed by atoms with Crippen LogP contribution in [0.4, 0.5) is 5.69 Å². The molecule has 0 unspecified atom stereocenters. The lowest BCUT2D eigenvalue weighted by molar-refractivity contribution is 0.0501. The molecule has 2 rings (SSSR count). The quantitative estimate of drug-likeness (QED) is 0.550. The largest absolute Gasteiger partial charge is 0.462 e. The molecule has 0 amide bonds. The molecule has 0 aliphatic heterocycles. The summed E-state index contributed by atoms with van der Waals surface area (Å²) < 4.78 is 31.9. The van der Waals surface area contributed by atoms with E-state index in [1.54, 1.807) is 12.1 Å². The highest BCUT2D eigenvalue weighted by molar-refractivity contribution is 7.92. The van der Waals surface area contributed by atoms with Gasteiger partial charge in [0.05, 0.1) is 28.8 Å². The molecule has 0 saturated heterocycles. The van der Waals surface area contributed by atoms with E-state index < -0.39 is 16.0 Å². The Morgan fingerprint density at radius 3 is 2.54 bits per heavy atom. The van der Waals surface area contributed by atoms with Crippen LogP contribution in [-0.4, -0.2) is 28.0 Å². The second-order valence-corrected chi connectivity index (χ2v) is 7.70. The zero-order valence-corrected chi connectivity index (χ0v) is 15.5. The molecule has 0 heterocycles. The van der Waals surface area contributed by atoms with Crippen LogP contribution < -0.4 is 4.31 Å². The van der Waals surface area contributed by atoms with Crippen LogP contribution in [0.1, 0.15) is 28.8 Å². The number of hydrogen-bond donors (Lipinski definition) is 0. The summed E-state index contributed by atoms with van der Waals surface area (Å²) in [5.41, 5.74) is 1.71. The van der Waals surface area contributed by atoms with Crippen LogP contribution in [0.2, 0.25) is 0 Å². The first-order chi connectivity index (χ1) is 12.4. The van der Waals surface area contributed by atoms with E-state index in [0.717, 1.165) is 5.56 Å². The van der Waals surface area contributed by atoms with Gasteiger partial charge in [-0.1, -0.05) is 23.8 Å². The fourth-order valence-corrected chi connectivity index (χ4v) is 3.48. The van der Waals surface area contributed by atoms with Crippen LogP contribution in [0.25, 0.3) is 0 Å². The number of carbonyl (C=O) groups excluding carboxylic acids is 1. The maximum absolute atomic E-state index is 12.8. The smallest absolute Gasteiger partial charge is 0.338 e. The Hall–Kier alpha value is -2.85. The van der Waals surface area contributed by atoms with Gasteiger partial charge in [0, 0.05) is 13.5 Å². The van der Waals surface area contributed by atoms with Gasteiger partial charge in [-0.2, -0.15) is 5.26 Å². The lowest BCUT2D eigenvalue weighted by atomic mass is 10.2. The number of nitriles is 1. The van der Waals surface area contributed by atoms with Crippen LogP contribution in [0, 0.1) is 18.3 Å². The van der Waals surface area contributed by atoms with E-state index in [1.165, 1.54) is 35.6 Å². The van der Waals surface area contributed by atoms with E-state index in [-0.39, 0.29) is 17.1 Å². The molecule has 0 atom stereocenters. The topological polar surface area (TPSA) is 87.5 Å². The van der Waals surface area contributed by atoms with Gasteiger partial charge in [-0.05, 0) is 43.7 Å². The number of esters is 1. The van der Waals surface area contributed by atoms with Crippen LogP contribution in [0.5, 0.6) is 0 Å². The molecule has 0 aliphatic rings. The molecule has 7 heteroatoms. The first kappa shape index (κ1) is 19.5. The van der Waals surface area contributed by atoms with Crippen molar-refractivity contribution < 1.29 is 17.9 Å². The minimum atomic E-state index is -3.81. The van der Waals surface area contributed by atoms with Crippen molar-refractivity contribution in [3.05, 3.63) is 59.7 Å². The number of rotatable bonds is 7. The lowest BCUT2D eigenvalue weighted by Gasteiger charge is -2.20. The minimum Gasteiger partial charge on any atom is -0.462 e. The number of unbranched alkanes of at least 4 members (excludes halogenated alkanes) is 1. The van der Waals surface area contributed by atoms with Gasteiger partial charge in [0.15, 0.2) is 0 Å². The van der Waals surface area contributed by atoms with Gasteiger partial charge < -0.3 is 4.74 Å². The van der Waals surface area contributed by atoms with Crippen LogP contribution in [0.3, 0.4) is 0 Å². The van der Waals surface area contributed by atoms with Gasteiger partial charge in [-0.15, -0.1) is 0 Å². The summed E-state index contributed by atoms with van der Waals surface area (Å²) >= 11 is 0. The van der Waals surface area contributed by atoms with Gasteiger partial charge in [-0.3, -0.25) is 4.31 Å². The Balaban J connectivity index is 2.21. The highest BCUT2D eigenvalue weighted by atomic mass is 32.2. The number of ether oxygens (including phenoxy) is 1. The third-order valence-corrected chi connectivity index (χ3v) is 5.57. The number of anilines is 1. The van der Waals surface area contributed by atoms with E-state index in [2.05, 4.69) is 0 Å². The second kappa shape index (κ2) is 8.50. The maximum atomic E-state index is 12.8. The van der Waals surface area contributed by atoms with E-state index in [4.69, 9.17) is 10.00 Å². The standard InChI is InChI=1S/C19H20N2O4S/c1-15-8-10-17(11-9-15)21(2)26(23,24)18-7-5-6-16(14-18)19(22)25-13-4-3-12-20/h5-11,14H,3-4,13H2,1-2H3. The zero-order valence-electron chi connectivity index (χ0n) is 14.7. The van der Waals surface area contributed by atoms with Gasteiger partial charge in [-0.25, -0.2) is 13.2 Å². The first-order valence-electron chi connectivity index (χ1n) is 8.06. The summed E-state index contributed by atoms with van der Waals surface area (Å²) in [6.45, 7) is 2.04. The Morgan fingerprint density at radius 2 is 1.88 bits per heavy atom. The molecule has 0 N–H and O–H groups in total. The molecule has 136 valence electrons. The molecule has 0 radical (unpaired) electrons. The van der Waals surface area contributed by atoms with Gasteiger partial charge in [0.1, 0.15) is 0 Å². The Bertz CT molecular complexity index is 915. The van der Waals surface area contributed by atoms with E-state index in [0.29, 0.717) is 18.5 Å². The molecule has 2 aromatic carbocycles. The molecule has 0 spiro atoms. The monoisotopic (exact) mass is 372 g/mol. The number of carbonyl (C=O) groups is 1. The van der Waals surface area contributed by atoms with E-state index in [1.807, 2.05) is 25.1 Å². The number of sulfonamides is 1. The molecule has 26 heavy (non-hydrogen) atoms. The third kappa shape index (κ3) is 4.61. The molecule has 0 fully saturated rings. The SMILES string of the molecule is Cc1ccc(N(C)S(=O)(=O)c2cccc(C(=O)OCCCC#N)c2)cc1. The van der Waals surface area contributed by atoms with Gasteiger partial charge >= 0.3 is 5.97 Å². The molecule has 0 aliphatic carbocycles. The summed E-state index contributed by atoms with van der Waals surface area (Å²) in [7, 11) is -2.34. The Morgan fingerprint density at radius 1 is 1.19 bits per heavy atom. The molecule has 2 aromatic rings. The fraction of sp³-hybridized carbons (Fsp3) is 0.263. The average Bonchev–Trinajstić information content (AvgIpc) is 2.65. The number of benzene rings is 2. The average molecular weight is 372 g/mol. The lowest BCUT2D eigenvalue weighted by Crippen LogP contribution is -2.26. The zero-order chi connectivity index (χ0) is 19.2. The summed E-state index contributed by atoms with van der Waals surface area (Å²) in [5.74, 6) is -0.613. The molecule has 0 aromatic heterocycles. The summed E-state index contributed by atoms with van der Waals surface area (Å²) in [4.78, 5) is 12.1. The van der Waals surface area contributed by atoms with Crippen LogP contribution in [0.15, 0.2) is 53.4 Å². The predicted molar refractivity (Wildman–Crippen MR) is 98.3 cm³/mol. The van der Waals surface area contributed by atoms with Crippen molar-refractivity contribution in [1.82, 2.24) is 0 Å². The molecule has 0 bridgehead atoms. The Kier molecular flexibility index (Phi) is 6.36. The predicted octanol–water partition coefficient (Wildman–Crippen LogP) is 3.28. The Labute approximate surface area is 153 Å². The van der Waals surface area contributed by atoms with E-state index >= 15 is 0 Å². The highest BCUT2D eigenvalue weighted by Crippen LogP contribution is 2.23. The second-order valence-electron chi connectivity index (χ2n) is 5.73. The normalized spacial score (nSPS) is 10.8. The van der Waals surface area contributed by atoms with Crippen molar-refractivity contribution in [2.75, 3.05) is 18.0 Å². The molecule has 0 saturated carbocycles. The molecular weight excluding hydrogens is 352 g/mol. The fourth-order valence-electron chi connectivity index (χ4n) is 2.23. The summed E-state index contributed by atoms with van der Waals surface area (Å²) in [5, 5.41) is 8.47. The number of aryl methyl sites for hydroxylation is 1. The molecular formula is C19H20N2O4S. The number of nitrogens with zero attached hydrogens (tertiary/aromatic N) is 2. The maximum Gasteiger partial charge on any atom is 0.338 e. The third-order valence-electron chi connectivity index (χ3n) is 3.79. The van der Waals surface area contributed by atoms with Crippen molar-refractivity contribution in [1.29, 1.82) is 5.26 Å². The summed E-state index contributed by atoms with van der Waals surface area (Å²) in [6.07, 6.45) is 0.736. The minimum absolute atomic E-state index is 0.00653. The number of hydrogen-bond acceptors (Lipinski definition) is 5. The van der Waals surface area contributed by atoms with Crippen molar-refractivity contribution in [2.45, 2.75) is 24.7 Å². The highest BCUT2D eigenvalue weighted by Gasteiger charge is 2.22. The van der Waals surface area contributed by atoms with Crippen LogP contribution >= 0.6 is 0 Å². The van der Waals surface area contributed by atoms with Crippen LogP contribution in [-0.2, 0) is 14.8 Å². The summed E-state index contributed by atoms with van der Waals surface area (Å²) in [6, 6.07) is 14.8. The van der Waals surface area contributed by atoms with Crippen molar-refractivity contribution >= 4 is 21.7 Å². The van der Waals surface area contributed by atoms with Gasteiger partial charge in [0.2, 0.25) is 0 Å². The first-order valence-corrected chi connectivity index (χ1v) is 9.50.